The van der Waals surface area contributed by atoms with Gasteiger partial charge in [-0.2, -0.15) is 0 Å². The van der Waals surface area contributed by atoms with Crippen LogP contribution >= 0.6 is 11.6 Å². The topological polar surface area (TPSA) is 51.8 Å². The second-order valence-corrected chi connectivity index (χ2v) is 2.86. The molecule has 12 heavy (non-hydrogen) atoms. The fourth-order valence-electron chi connectivity index (χ4n) is 1.02. The van der Waals surface area contributed by atoms with Gasteiger partial charge in [0.25, 0.3) is 0 Å². The first-order chi connectivity index (χ1) is 5.75. The Kier molecular flexibility index (Phi) is 1.59. The molecule has 0 bridgehead atoms. The third-order valence-corrected chi connectivity index (χ3v) is 1.76. The zero-order valence-electron chi connectivity index (χ0n) is 6.16. The molecule has 0 spiro atoms. The van der Waals surface area contributed by atoms with E-state index in [0.717, 1.165) is 10.9 Å². The van der Waals surface area contributed by atoms with Crippen LogP contribution in [0.25, 0.3) is 10.9 Å². The normalized spacial score (nSPS) is 10.4. The average molecular weight is 180 g/mol. The highest BCUT2D eigenvalue weighted by Gasteiger charge is 1.96. The zero-order valence-corrected chi connectivity index (χ0v) is 6.92. The fraction of sp³-hybridized carbons (Fsp3) is 0. The molecule has 0 atom stereocenters. The van der Waals surface area contributed by atoms with Crippen molar-refractivity contribution < 1.29 is 0 Å². The minimum absolute atomic E-state index is 0.454. The molecule has 0 aliphatic rings. The molecule has 2 aromatic rings. The molecule has 0 radical (unpaired) electrons. The van der Waals surface area contributed by atoms with Crippen molar-refractivity contribution in [1.82, 2.24) is 9.97 Å². The van der Waals surface area contributed by atoms with E-state index in [4.69, 9.17) is 17.3 Å². The highest BCUT2D eigenvalue weighted by Crippen LogP contribution is 2.16. The predicted molar refractivity (Wildman–Crippen MR) is 49.0 cm³/mol. The average Bonchev–Trinajstić information content (AvgIpc) is 2.03. The molecule has 2 aromatic heterocycles. The lowest BCUT2D eigenvalue weighted by Gasteiger charge is -1.97. The first-order valence-electron chi connectivity index (χ1n) is 3.42. The smallest absolute Gasteiger partial charge is 0.129 e. The summed E-state index contributed by atoms with van der Waals surface area (Å²) in [6, 6.07) is 3.55. The summed E-state index contributed by atoms with van der Waals surface area (Å²) in [5.41, 5.74) is 6.98. The largest absolute Gasteiger partial charge is 0.397 e. The van der Waals surface area contributed by atoms with E-state index in [1.807, 2.05) is 6.07 Å². The lowest BCUT2D eigenvalue weighted by molar-refractivity contribution is 1.31. The van der Waals surface area contributed by atoms with E-state index in [-0.39, 0.29) is 0 Å². The highest BCUT2D eigenvalue weighted by molar-refractivity contribution is 6.30. The van der Waals surface area contributed by atoms with Crippen LogP contribution in [0.3, 0.4) is 0 Å². The molecule has 60 valence electrons. The Balaban J connectivity index is 2.80. The molecule has 2 N–H and O–H groups in total. The van der Waals surface area contributed by atoms with Crippen molar-refractivity contribution in [3.8, 4) is 0 Å². The van der Waals surface area contributed by atoms with Crippen molar-refractivity contribution in [3.63, 3.8) is 0 Å². The zero-order chi connectivity index (χ0) is 8.55. The van der Waals surface area contributed by atoms with Crippen LogP contribution in [0.2, 0.25) is 5.15 Å². The van der Waals surface area contributed by atoms with E-state index in [9.17, 15) is 0 Å². The third-order valence-electron chi connectivity index (χ3n) is 1.56. The van der Waals surface area contributed by atoms with E-state index in [1.165, 1.54) is 0 Å². The molecule has 0 aromatic carbocycles. The summed E-state index contributed by atoms with van der Waals surface area (Å²) >= 11 is 5.69. The number of hydrogen-bond acceptors (Lipinski definition) is 3. The van der Waals surface area contributed by atoms with E-state index < -0.39 is 0 Å². The molecular weight excluding hydrogens is 174 g/mol. The maximum atomic E-state index is 5.69. The predicted octanol–water partition coefficient (Wildman–Crippen LogP) is 1.87. The third kappa shape index (κ3) is 1.19. The van der Waals surface area contributed by atoms with Crippen LogP contribution in [0.15, 0.2) is 24.5 Å². The summed E-state index contributed by atoms with van der Waals surface area (Å²) < 4.78 is 0. The van der Waals surface area contributed by atoms with Crippen molar-refractivity contribution in [3.05, 3.63) is 29.7 Å². The minimum Gasteiger partial charge on any atom is -0.397 e. The second-order valence-electron chi connectivity index (χ2n) is 2.47. The molecule has 2 rings (SSSR count). The van der Waals surface area contributed by atoms with Crippen LogP contribution in [0.5, 0.6) is 0 Å². The van der Waals surface area contributed by atoms with Crippen LogP contribution in [-0.2, 0) is 0 Å². The van der Waals surface area contributed by atoms with Crippen LogP contribution in [0, 0.1) is 0 Å². The van der Waals surface area contributed by atoms with E-state index in [2.05, 4.69) is 9.97 Å². The Labute approximate surface area is 74.2 Å². The number of fused-ring (bicyclic) bond motifs is 1. The van der Waals surface area contributed by atoms with Crippen LogP contribution in [0.4, 0.5) is 5.69 Å². The number of nitrogen functional groups attached to an aromatic ring is 1. The Morgan fingerprint density at radius 1 is 1.17 bits per heavy atom. The van der Waals surface area contributed by atoms with Gasteiger partial charge in [-0.05, 0) is 12.1 Å². The van der Waals surface area contributed by atoms with Crippen molar-refractivity contribution in [2.45, 2.75) is 0 Å². The molecule has 4 heteroatoms. The SMILES string of the molecule is Nc1cnc2cnc(Cl)cc2c1. The number of pyridine rings is 2. The molecule has 0 aliphatic heterocycles. The lowest BCUT2D eigenvalue weighted by Crippen LogP contribution is -1.87. The molecule has 0 amide bonds. The van der Waals surface area contributed by atoms with Crippen LogP contribution in [0.1, 0.15) is 0 Å². The molecule has 3 nitrogen and oxygen atoms in total. The van der Waals surface area contributed by atoms with Gasteiger partial charge in [0.2, 0.25) is 0 Å². The van der Waals surface area contributed by atoms with Gasteiger partial charge in [0.15, 0.2) is 0 Å². The number of nitrogens with two attached hydrogens (primary N) is 1. The fourth-order valence-corrected chi connectivity index (χ4v) is 1.19. The number of hydrogen-bond donors (Lipinski definition) is 1. The molecule has 0 aliphatic carbocycles. The molecule has 0 unspecified atom stereocenters. The molecule has 2 heterocycles. The minimum atomic E-state index is 0.454. The summed E-state index contributed by atoms with van der Waals surface area (Å²) in [4.78, 5) is 7.97. The molecule has 0 fully saturated rings. The van der Waals surface area contributed by atoms with Crippen molar-refractivity contribution in [2.24, 2.45) is 0 Å². The van der Waals surface area contributed by atoms with Crippen molar-refractivity contribution in [1.29, 1.82) is 0 Å². The summed E-state index contributed by atoms with van der Waals surface area (Å²) in [7, 11) is 0. The maximum absolute atomic E-state index is 5.69. The lowest BCUT2D eigenvalue weighted by atomic mass is 10.2. The number of nitrogens with zero attached hydrogens (tertiary/aromatic N) is 2. The van der Waals surface area contributed by atoms with E-state index in [1.54, 1.807) is 18.5 Å². The quantitative estimate of drug-likeness (QED) is 0.628. The van der Waals surface area contributed by atoms with E-state index in [0.29, 0.717) is 10.8 Å². The van der Waals surface area contributed by atoms with Gasteiger partial charge in [-0.1, -0.05) is 11.6 Å². The number of anilines is 1. The van der Waals surface area contributed by atoms with Gasteiger partial charge in [-0.15, -0.1) is 0 Å². The molecule has 0 saturated carbocycles. The van der Waals surface area contributed by atoms with Gasteiger partial charge >= 0.3 is 0 Å². The van der Waals surface area contributed by atoms with Gasteiger partial charge in [-0.3, -0.25) is 4.98 Å². The first kappa shape index (κ1) is 7.31. The summed E-state index contributed by atoms with van der Waals surface area (Å²) in [5, 5.41) is 1.37. The number of aromatic nitrogens is 2. The van der Waals surface area contributed by atoms with Crippen molar-refractivity contribution in [2.75, 3.05) is 5.73 Å². The Bertz CT molecular complexity index is 391. The van der Waals surface area contributed by atoms with E-state index >= 15 is 0 Å². The standard InChI is InChI=1S/C8H6ClN3/c9-8-2-5-1-6(10)3-11-7(5)4-12-8/h1-4H,10H2. The van der Waals surface area contributed by atoms with Crippen LogP contribution in [-0.4, -0.2) is 9.97 Å². The van der Waals surface area contributed by atoms with Gasteiger partial charge in [-0.25, -0.2) is 4.98 Å². The summed E-state index contributed by atoms with van der Waals surface area (Å²) in [5.74, 6) is 0. The van der Waals surface area contributed by atoms with Crippen LogP contribution < -0.4 is 5.73 Å². The summed E-state index contributed by atoms with van der Waals surface area (Å²) in [6.07, 6.45) is 3.22. The Hall–Kier alpha value is -1.35. The van der Waals surface area contributed by atoms with Gasteiger partial charge < -0.3 is 5.73 Å². The van der Waals surface area contributed by atoms with Crippen molar-refractivity contribution >= 4 is 28.2 Å². The van der Waals surface area contributed by atoms with Gasteiger partial charge in [0, 0.05) is 5.39 Å². The maximum Gasteiger partial charge on any atom is 0.129 e. The Morgan fingerprint density at radius 2 is 2.00 bits per heavy atom. The number of halogens is 1. The van der Waals surface area contributed by atoms with Gasteiger partial charge in [0.05, 0.1) is 23.6 Å². The Morgan fingerprint density at radius 3 is 2.83 bits per heavy atom. The monoisotopic (exact) mass is 179 g/mol. The number of rotatable bonds is 0. The molecule has 0 saturated heterocycles. The first-order valence-corrected chi connectivity index (χ1v) is 3.80. The molecular formula is C8H6ClN3. The highest BCUT2D eigenvalue weighted by atomic mass is 35.5. The second kappa shape index (κ2) is 2.60. The summed E-state index contributed by atoms with van der Waals surface area (Å²) in [6.45, 7) is 0. The van der Waals surface area contributed by atoms with Gasteiger partial charge in [0.1, 0.15) is 5.15 Å².